The van der Waals surface area contributed by atoms with Gasteiger partial charge in [-0.25, -0.2) is 0 Å². The van der Waals surface area contributed by atoms with Crippen LogP contribution in [0.4, 0.5) is 0 Å². The number of fused-ring (bicyclic) bond motifs is 2. The van der Waals surface area contributed by atoms with Gasteiger partial charge >= 0.3 is 37.9 Å². The molecule has 0 atom stereocenters. The van der Waals surface area contributed by atoms with Gasteiger partial charge in [-0.2, -0.15) is 12.1 Å². The molecule has 0 aliphatic rings. The van der Waals surface area contributed by atoms with Gasteiger partial charge in [0.25, 0.3) is 0 Å². The molecule has 50 heavy (non-hydrogen) atoms. The van der Waals surface area contributed by atoms with Crippen molar-refractivity contribution in [1.29, 1.82) is 0 Å². The molecule has 6 rings (SSSR count). The second-order valence-corrected chi connectivity index (χ2v) is 18.2. The fourth-order valence-electron chi connectivity index (χ4n) is 7.15. The molecule has 4 heteroatoms. The molecule has 0 aliphatic carbocycles. The zero-order valence-electron chi connectivity index (χ0n) is 32.1. The summed E-state index contributed by atoms with van der Waals surface area (Å²) >= 11 is -0.826. The van der Waals surface area contributed by atoms with Gasteiger partial charge in [-0.05, 0) is 64.5 Å². The molecule has 6 aromatic rings. The van der Waals surface area contributed by atoms with Crippen molar-refractivity contribution in [3.8, 4) is 22.3 Å². The predicted molar refractivity (Wildman–Crippen MR) is 225 cm³/mol. The van der Waals surface area contributed by atoms with E-state index in [1.807, 2.05) is 0 Å². The summed E-state index contributed by atoms with van der Waals surface area (Å²) < 4.78 is 0. The Labute approximate surface area is 325 Å². The summed E-state index contributed by atoms with van der Waals surface area (Å²) in [5.41, 5.74) is 16.8. The van der Waals surface area contributed by atoms with Gasteiger partial charge in [-0.3, -0.25) is 0 Å². The van der Waals surface area contributed by atoms with Gasteiger partial charge in [0, 0.05) is 9.52 Å². The maximum atomic E-state index is 4.93. The number of hydrogen-bond acceptors (Lipinski definition) is 0. The summed E-state index contributed by atoms with van der Waals surface area (Å²) in [7, 11) is 11.0. The number of halogens is 2. The molecule has 0 N–H and O–H groups in total. The molecule has 0 amide bonds. The van der Waals surface area contributed by atoms with Crippen molar-refractivity contribution in [2.24, 2.45) is 0 Å². The van der Waals surface area contributed by atoms with Gasteiger partial charge in [0.15, 0.2) is 0 Å². The van der Waals surface area contributed by atoms with Crippen LogP contribution in [-0.2, 0) is 46.5 Å². The Morgan fingerprint density at radius 2 is 0.860 bits per heavy atom. The SMILES string of the molecule is CCCc1cc2c(-c3cc(C)cc(C)c3)c(CC)ccc2[cH-]1.CCCc1cc2c(-c3cc(C)cc(C)c3)c(CC)ccc2[cH-]1.C[Si]C.[Cl][Zr+2][Cl]. The van der Waals surface area contributed by atoms with E-state index in [4.69, 9.17) is 17.0 Å². The fraction of sp³-hybridized carbons (Fsp3) is 0.348. The summed E-state index contributed by atoms with van der Waals surface area (Å²) in [6.45, 7) is 22.1. The van der Waals surface area contributed by atoms with Gasteiger partial charge in [0.1, 0.15) is 0 Å². The van der Waals surface area contributed by atoms with Crippen LogP contribution in [0, 0.1) is 27.7 Å². The molecular weight excluding hydrogens is 743 g/mol. The standard InChI is InChI=1S/2C22H25.C2H6Si.2ClH.Zr/c2*1-5-7-17-13-19-9-8-18(6-2)22(21(19)14-17)20-11-15(3)10-16(4)12-20;1-3-2;;;/h2*8-14H,5-7H2,1-4H3;1-2H3;2*1H;/q2*-1;;;;+4/p-2. The summed E-state index contributed by atoms with van der Waals surface area (Å²) in [5, 5.41) is 5.62. The predicted octanol–water partition coefficient (Wildman–Crippen LogP) is 14.9. The van der Waals surface area contributed by atoms with Crippen LogP contribution in [-0.4, -0.2) is 9.52 Å². The summed E-state index contributed by atoms with van der Waals surface area (Å²) in [6.07, 6.45) is 6.90. The second-order valence-electron chi connectivity index (χ2n) is 13.5. The quantitative estimate of drug-likeness (QED) is 0.106. The van der Waals surface area contributed by atoms with Crippen molar-refractivity contribution in [3.05, 3.63) is 129 Å². The first-order chi connectivity index (χ1) is 24.1. The Morgan fingerprint density at radius 3 is 1.14 bits per heavy atom. The van der Waals surface area contributed by atoms with Gasteiger partial charge in [-0.1, -0.05) is 135 Å². The van der Waals surface area contributed by atoms with E-state index in [2.05, 4.69) is 153 Å². The average Bonchev–Trinajstić information content (AvgIpc) is 3.67. The third kappa shape index (κ3) is 11.4. The minimum atomic E-state index is -0.826. The molecule has 0 fully saturated rings. The molecule has 262 valence electrons. The Bertz CT molecular complexity index is 1760. The Kier molecular flexibility index (Phi) is 18.0. The van der Waals surface area contributed by atoms with Gasteiger partial charge < -0.3 is 0 Å². The molecular formula is C46H56Cl2SiZr. The first kappa shape index (κ1) is 42.2. The van der Waals surface area contributed by atoms with Crippen LogP contribution >= 0.6 is 17.0 Å². The molecule has 0 unspecified atom stereocenters. The monoisotopic (exact) mass is 796 g/mol. The van der Waals surface area contributed by atoms with E-state index in [1.54, 1.807) is 0 Å². The number of benzene rings is 4. The molecule has 0 nitrogen and oxygen atoms in total. The van der Waals surface area contributed by atoms with Crippen LogP contribution in [0.15, 0.2) is 84.9 Å². The van der Waals surface area contributed by atoms with Crippen molar-refractivity contribution < 1.29 is 20.8 Å². The van der Waals surface area contributed by atoms with Crippen LogP contribution in [0.3, 0.4) is 0 Å². The van der Waals surface area contributed by atoms with Crippen LogP contribution in [0.2, 0.25) is 13.1 Å². The molecule has 0 aliphatic heterocycles. The van der Waals surface area contributed by atoms with Crippen molar-refractivity contribution in [3.63, 3.8) is 0 Å². The topological polar surface area (TPSA) is 0 Å². The first-order valence-electron chi connectivity index (χ1n) is 18.2. The van der Waals surface area contributed by atoms with E-state index >= 15 is 0 Å². The minimum absolute atomic E-state index is 0.826. The van der Waals surface area contributed by atoms with E-state index in [-0.39, 0.29) is 0 Å². The molecule has 0 spiro atoms. The number of rotatable bonds is 8. The third-order valence-corrected chi connectivity index (χ3v) is 8.93. The Morgan fingerprint density at radius 1 is 0.540 bits per heavy atom. The third-order valence-electron chi connectivity index (χ3n) is 8.93. The zero-order valence-corrected chi connectivity index (χ0v) is 37.1. The number of aryl methyl sites for hydroxylation is 8. The molecule has 0 saturated heterocycles. The van der Waals surface area contributed by atoms with E-state index in [1.165, 1.54) is 114 Å². The van der Waals surface area contributed by atoms with Crippen LogP contribution in [0.25, 0.3) is 43.8 Å². The van der Waals surface area contributed by atoms with E-state index < -0.39 is 20.8 Å². The number of hydrogen-bond donors (Lipinski definition) is 0. The Hall–Kier alpha value is -2.22. The van der Waals surface area contributed by atoms with Crippen LogP contribution in [0.5, 0.6) is 0 Å². The van der Waals surface area contributed by atoms with E-state index in [0.717, 1.165) is 22.4 Å². The second kappa shape index (κ2) is 21.3. The van der Waals surface area contributed by atoms with Gasteiger partial charge in [0.2, 0.25) is 0 Å². The first-order valence-corrected chi connectivity index (χ1v) is 26.5. The molecule has 0 aromatic heterocycles. The molecule has 0 bridgehead atoms. The summed E-state index contributed by atoms with van der Waals surface area (Å²) in [4.78, 5) is 0. The summed E-state index contributed by atoms with van der Waals surface area (Å²) in [5.74, 6) is 0. The van der Waals surface area contributed by atoms with Crippen molar-refractivity contribution in [2.75, 3.05) is 0 Å². The molecule has 0 heterocycles. The fourth-order valence-corrected chi connectivity index (χ4v) is 7.15. The Balaban J connectivity index is 0.000000234. The maximum absolute atomic E-state index is 4.93. The van der Waals surface area contributed by atoms with E-state index in [0.29, 0.717) is 0 Å². The van der Waals surface area contributed by atoms with E-state index in [9.17, 15) is 0 Å². The van der Waals surface area contributed by atoms with Crippen LogP contribution in [0.1, 0.15) is 85.0 Å². The average molecular weight is 799 g/mol. The molecule has 6 aromatic carbocycles. The van der Waals surface area contributed by atoms with Crippen molar-refractivity contribution in [2.45, 2.75) is 107 Å². The van der Waals surface area contributed by atoms with Gasteiger partial charge in [-0.15, -0.1) is 69.1 Å². The normalized spacial score (nSPS) is 10.5. The van der Waals surface area contributed by atoms with Crippen LogP contribution < -0.4 is 0 Å². The van der Waals surface area contributed by atoms with Crippen molar-refractivity contribution in [1.82, 2.24) is 0 Å². The summed E-state index contributed by atoms with van der Waals surface area (Å²) in [6, 6.07) is 32.6. The molecule has 0 saturated carbocycles. The zero-order chi connectivity index (χ0) is 36.8. The van der Waals surface area contributed by atoms with Crippen molar-refractivity contribution >= 4 is 48.1 Å². The molecule has 2 radical (unpaired) electrons. The van der Waals surface area contributed by atoms with Gasteiger partial charge in [0.05, 0.1) is 0 Å².